The molecule has 170 valence electrons. The van der Waals surface area contributed by atoms with Gasteiger partial charge in [-0.25, -0.2) is 0 Å². The average Bonchev–Trinajstić information content (AvgIpc) is 3.33. The number of halogens is 1. The molecule has 0 amide bonds. The quantitative estimate of drug-likeness (QED) is 0.188. The van der Waals surface area contributed by atoms with Gasteiger partial charge in [-0.3, -0.25) is 0 Å². The summed E-state index contributed by atoms with van der Waals surface area (Å²) < 4.78 is 1.14. The largest absolute Gasteiger partial charge is 0.311 e. The SMILES string of the molecule is Brc1cscc1C=Cc1ccc(C=Cc2ccc(N(c3ccccc3)c3ccccc3)cc2)cc1. The zero-order valence-electron chi connectivity index (χ0n) is 19.1. The Balaban J connectivity index is 1.31. The highest BCUT2D eigenvalue weighted by molar-refractivity contribution is 9.10. The molecule has 0 radical (unpaired) electrons. The molecule has 0 aliphatic heterocycles. The van der Waals surface area contributed by atoms with Gasteiger partial charge in [-0.2, -0.15) is 11.3 Å². The van der Waals surface area contributed by atoms with Crippen molar-refractivity contribution in [3.05, 3.63) is 147 Å². The summed E-state index contributed by atoms with van der Waals surface area (Å²) in [5.41, 5.74) is 8.16. The van der Waals surface area contributed by atoms with Gasteiger partial charge in [0.05, 0.1) is 0 Å². The van der Waals surface area contributed by atoms with Crippen LogP contribution in [0.2, 0.25) is 0 Å². The second-order valence-electron chi connectivity index (χ2n) is 8.11. The predicted octanol–water partition coefficient (Wildman–Crippen LogP) is 10.3. The van der Waals surface area contributed by atoms with Gasteiger partial charge in [-0.15, -0.1) is 0 Å². The number of thiophene rings is 1. The van der Waals surface area contributed by atoms with Crippen LogP contribution < -0.4 is 4.90 Å². The van der Waals surface area contributed by atoms with E-state index in [9.17, 15) is 0 Å². The molecule has 0 aliphatic rings. The lowest BCUT2D eigenvalue weighted by Gasteiger charge is -2.25. The van der Waals surface area contributed by atoms with Crippen LogP contribution >= 0.6 is 27.3 Å². The second-order valence-corrected chi connectivity index (χ2v) is 9.70. The van der Waals surface area contributed by atoms with E-state index in [2.05, 4.69) is 153 Å². The van der Waals surface area contributed by atoms with Crippen LogP contribution in [-0.2, 0) is 0 Å². The van der Waals surface area contributed by atoms with Crippen molar-refractivity contribution >= 4 is 68.6 Å². The van der Waals surface area contributed by atoms with E-state index in [-0.39, 0.29) is 0 Å². The molecule has 0 fully saturated rings. The highest BCUT2D eigenvalue weighted by atomic mass is 79.9. The minimum Gasteiger partial charge on any atom is -0.311 e. The number of anilines is 3. The topological polar surface area (TPSA) is 3.24 Å². The molecule has 4 aromatic carbocycles. The molecule has 35 heavy (non-hydrogen) atoms. The Hall–Kier alpha value is -3.66. The molecule has 0 unspecified atom stereocenters. The van der Waals surface area contributed by atoms with Crippen molar-refractivity contribution in [2.75, 3.05) is 4.90 Å². The molecule has 1 aromatic heterocycles. The van der Waals surface area contributed by atoms with Gasteiger partial charge in [0.15, 0.2) is 0 Å². The Kier molecular flexibility index (Phi) is 7.38. The number of para-hydroxylation sites is 2. The van der Waals surface area contributed by atoms with Crippen LogP contribution in [0.5, 0.6) is 0 Å². The molecular formula is C32H24BrNS. The Morgan fingerprint density at radius 2 is 0.914 bits per heavy atom. The maximum Gasteiger partial charge on any atom is 0.0462 e. The van der Waals surface area contributed by atoms with Crippen molar-refractivity contribution in [2.45, 2.75) is 0 Å². The fourth-order valence-corrected chi connectivity index (χ4v) is 5.24. The standard InChI is InChI=1S/C32H24BrNS/c33-32-24-35-23-28(32)20-17-26-14-11-25(12-15-26)13-16-27-18-21-31(22-19-27)34(29-7-3-1-4-8-29)30-9-5-2-6-10-30/h1-24H. The highest BCUT2D eigenvalue weighted by Gasteiger charge is 2.11. The summed E-state index contributed by atoms with van der Waals surface area (Å²) in [6.45, 7) is 0. The monoisotopic (exact) mass is 533 g/mol. The molecule has 1 heterocycles. The first-order valence-corrected chi connectivity index (χ1v) is 13.2. The van der Waals surface area contributed by atoms with E-state index in [1.807, 2.05) is 12.1 Å². The molecule has 5 rings (SSSR count). The van der Waals surface area contributed by atoms with Gasteiger partial charge in [0, 0.05) is 26.9 Å². The molecule has 0 saturated heterocycles. The Morgan fingerprint density at radius 3 is 1.37 bits per heavy atom. The summed E-state index contributed by atoms with van der Waals surface area (Å²) in [4.78, 5) is 2.27. The Bertz CT molecular complexity index is 1380. The lowest BCUT2D eigenvalue weighted by atomic mass is 10.1. The summed E-state index contributed by atoms with van der Waals surface area (Å²) in [5, 5.41) is 4.24. The van der Waals surface area contributed by atoms with Crippen molar-refractivity contribution in [1.29, 1.82) is 0 Å². The molecule has 3 heteroatoms. The first-order chi connectivity index (χ1) is 17.3. The van der Waals surface area contributed by atoms with E-state index in [0.29, 0.717) is 0 Å². The zero-order valence-corrected chi connectivity index (χ0v) is 21.5. The van der Waals surface area contributed by atoms with Crippen molar-refractivity contribution in [2.24, 2.45) is 0 Å². The second kappa shape index (κ2) is 11.2. The van der Waals surface area contributed by atoms with Crippen LogP contribution in [0.15, 0.2) is 124 Å². The number of hydrogen-bond donors (Lipinski definition) is 0. The van der Waals surface area contributed by atoms with Gasteiger partial charge < -0.3 is 4.90 Å². The number of rotatable bonds is 7. The van der Waals surface area contributed by atoms with Crippen molar-refractivity contribution in [1.82, 2.24) is 0 Å². The van der Waals surface area contributed by atoms with E-state index in [1.165, 1.54) is 22.3 Å². The maximum atomic E-state index is 3.58. The summed E-state index contributed by atoms with van der Waals surface area (Å²) >= 11 is 5.28. The van der Waals surface area contributed by atoms with E-state index in [1.54, 1.807) is 11.3 Å². The molecule has 0 saturated carbocycles. The number of benzene rings is 4. The molecule has 1 nitrogen and oxygen atoms in total. The van der Waals surface area contributed by atoms with Crippen LogP contribution in [0.3, 0.4) is 0 Å². The summed E-state index contributed by atoms with van der Waals surface area (Å²) in [7, 11) is 0. The van der Waals surface area contributed by atoms with E-state index in [4.69, 9.17) is 0 Å². The van der Waals surface area contributed by atoms with Crippen molar-refractivity contribution in [3.8, 4) is 0 Å². The average molecular weight is 535 g/mol. The van der Waals surface area contributed by atoms with Gasteiger partial charge in [0.2, 0.25) is 0 Å². The Labute approximate surface area is 219 Å². The van der Waals surface area contributed by atoms with Gasteiger partial charge in [0.1, 0.15) is 0 Å². The third-order valence-corrected chi connectivity index (χ3v) is 7.43. The predicted molar refractivity (Wildman–Crippen MR) is 157 cm³/mol. The smallest absolute Gasteiger partial charge is 0.0462 e. The lowest BCUT2D eigenvalue weighted by molar-refractivity contribution is 1.28. The van der Waals surface area contributed by atoms with Crippen LogP contribution in [0, 0.1) is 0 Å². The Morgan fingerprint density at radius 1 is 0.486 bits per heavy atom. The maximum absolute atomic E-state index is 3.58. The van der Waals surface area contributed by atoms with Gasteiger partial charge in [0.25, 0.3) is 0 Å². The molecule has 0 aliphatic carbocycles. The third-order valence-electron chi connectivity index (χ3n) is 5.68. The van der Waals surface area contributed by atoms with Crippen LogP contribution in [0.1, 0.15) is 22.3 Å². The first kappa shape index (κ1) is 23.1. The molecule has 5 aromatic rings. The highest BCUT2D eigenvalue weighted by Crippen LogP contribution is 2.34. The van der Waals surface area contributed by atoms with E-state index >= 15 is 0 Å². The van der Waals surface area contributed by atoms with Gasteiger partial charge in [-0.05, 0) is 80.0 Å². The lowest BCUT2D eigenvalue weighted by Crippen LogP contribution is -2.09. The third kappa shape index (κ3) is 5.89. The molecule has 0 spiro atoms. The molecular weight excluding hydrogens is 510 g/mol. The van der Waals surface area contributed by atoms with Crippen LogP contribution in [-0.4, -0.2) is 0 Å². The normalized spacial score (nSPS) is 11.3. The summed E-state index contributed by atoms with van der Waals surface area (Å²) in [6.07, 6.45) is 8.60. The minimum atomic E-state index is 1.13. The summed E-state index contributed by atoms with van der Waals surface area (Å²) in [5.74, 6) is 0. The summed E-state index contributed by atoms with van der Waals surface area (Å²) in [6, 6.07) is 38.2. The molecule has 0 bridgehead atoms. The first-order valence-electron chi connectivity index (χ1n) is 11.4. The minimum absolute atomic E-state index is 1.13. The fourth-order valence-electron chi connectivity index (χ4n) is 3.84. The van der Waals surface area contributed by atoms with Crippen molar-refractivity contribution < 1.29 is 0 Å². The fraction of sp³-hybridized carbons (Fsp3) is 0. The van der Waals surface area contributed by atoms with Gasteiger partial charge >= 0.3 is 0 Å². The zero-order chi connectivity index (χ0) is 23.9. The van der Waals surface area contributed by atoms with E-state index < -0.39 is 0 Å². The van der Waals surface area contributed by atoms with Crippen LogP contribution in [0.4, 0.5) is 17.1 Å². The van der Waals surface area contributed by atoms with Crippen molar-refractivity contribution in [3.63, 3.8) is 0 Å². The number of nitrogens with zero attached hydrogens (tertiary/aromatic N) is 1. The van der Waals surface area contributed by atoms with E-state index in [0.717, 1.165) is 21.5 Å². The number of hydrogen-bond acceptors (Lipinski definition) is 2. The van der Waals surface area contributed by atoms with Gasteiger partial charge in [-0.1, -0.05) is 97.1 Å². The molecule has 0 N–H and O–H groups in total. The van der Waals surface area contributed by atoms with Crippen LogP contribution in [0.25, 0.3) is 24.3 Å². The molecule has 0 atom stereocenters.